The van der Waals surface area contributed by atoms with Gasteiger partial charge in [0.1, 0.15) is 0 Å². The molecule has 0 bridgehead atoms. The molecule has 42 heavy (non-hydrogen) atoms. The molecule has 3 saturated heterocycles. The van der Waals surface area contributed by atoms with Gasteiger partial charge >= 0.3 is 0 Å². The second-order valence-electron chi connectivity index (χ2n) is 12.2. The summed E-state index contributed by atoms with van der Waals surface area (Å²) in [5, 5.41) is 6.22. The van der Waals surface area contributed by atoms with Crippen molar-refractivity contribution in [3.63, 3.8) is 0 Å². The number of anilines is 3. The normalized spacial score (nSPS) is 18.7. The number of morpholine rings is 1. The summed E-state index contributed by atoms with van der Waals surface area (Å²) in [7, 11) is 1.66. The number of rotatable bonds is 11. The summed E-state index contributed by atoms with van der Waals surface area (Å²) < 4.78 is 5.54. The van der Waals surface area contributed by atoms with Crippen molar-refractivity contribution in [2.45, 2.75) is 45.6 Å². The van der Waals surface area contributed by atoms with Gasteiger partial charge in [0, 0.05) is 81.9 Å². The number of hydrogen-bond acceptors (Lipinski definition) is 10. The molecule has 2 aromatic rings. The van der Waals surface area contributed by atoms with Gasteiger partial charge in [0.25, 0.3) is 0 Å². The molecule has 4 heterocycles. The third kappa shape index (κ3) is 7.26. The average Bonchev–Trinajstić information content (AvgIpc) is 3.43. The first-order valence-corrected chi connectivity index (χ1v) is 15.7. The second-order valence-corrected chi connectivity index (χ2v) is 12.6. The van der Waals surface area contributed by atoms with E-state index in [2.05, 4.69) is 59.0 Å². The van der Waals surface area contributed by atoms with Gasteiger partial charge in [-0.05, 0) is 36.6 Å². The lowest BCUT2D eigenvalue weighted by Gasteiger charge is -2.48. The monoisotopic (exact) mass is 596 g/mol. The molecule has 5 rings (SSSR count). The van der Waals surface area contributed by atoms with Crippen LogP contribution in [0.1, 0.15) is 39.5 Å². The Morgan fingerprint density at radius 3 is 2.57 bits per heavy atom. The van der Waals surface area contributed by atoms with E-state index < -0.39 is 0 Å². The van der Waals surface area contributed by atoms with E-state index in [1.165, 1.54) is 0 Å². The molecular weight excluding hydrogens is 552 g/mol. The number of benzene rings is 1. The Balaban J connectivity index is 1.42. The molecule has 1 aromatic heterocycles. The van der Waals surface area contributed by atoms with Crippen LogP contribution in [0.25, 0.3) is 11.4 Å². The predicted octanol–water partition coefficient (Wildman–Crippen LogP) is 2.70. The lowest BCUT2D eigenvalue weighted by atomic mass is 9.79. The van der Waals surface area contributed by atoms with Crippen LogP contribution in [0.4, 0.5) is 17.6 Å². The van der Waals surface area contributed by atoms with Gasteiger partial charge in [-0.25, -0.2) is 0 Å². The summed E-state index contributed by atoms with van der Waals surface area (Å²) in [4.78, 5) is 45.9. The Labute approximate surface area is 254 Å². The minimum Gasteiger partial charge on any atom is -0.378 e. The molecule has 1 aromatic carbocycles. The van der Waals surface area contributed by atoms with Crippen molar-refractivity contribution in [3.8, 4) is 11.4 Å². The number of ether oxygens (including phenoxy) is 1. The molecule has 0 radical (unpaired) electrons. The van der Waals surface area contributed by atoms with Crippen molar-refractivity contribution < 1.29 is 14.3 Å². The highest BCUT2D eigenvalue weighted by Gasteiger charge is 2.49. The first-order chi connectivity index (χ1) is 20.3. The fraction of sp³-hybridized carbons (Fsp3) is 0.633. The molecule has 0 unspecified atom stereocenters. The van der Waals surface area contributed by atoms with Crippen LogP contribution in [0, 0.1) is 11.3 Å². The van der Waals surface area contributed by atoms with Gasteiger partial charge in [-0.1, -0.05) is 26.0 Å². The minimum absolute atomic E-state index is 0.0237. The maximum atomic E-state index is 12.4. The number of carbonyl (C=O) groups excluding carboxylic acids is 2. The molecule has 11 nitrogen and oxygen atoms in total. The summed E-state index contributed by atoms with van der Waals surface area (Å²) in [6.07, 6.45) is 2.60. The van der Waals surface area contributed by atoms with Gasteiger partial charge in [0.2, 0.25) is 23.7 Å². The average molecular weight is 597 g/mol. The largest absolute Gasteiger partial charge is 0.378 e. The van der Waals surface area contributed by atoms with Crippen LogP contribution in [0.5, 0.6) is 0 Å². The summed E-state index contributed by atoms with van der Waals surface area (Å²) in [5.41, 5.74) is 2.10. The number of thiol groups is 1. The van der Waals surface area contributed by atoms with Gasteiger partial charge in [-0.15, -0.1) is 0 Å². The summed E-state index contributed by atoms with van der Waals surface area (Å²) in [6.45, 7) is 10.6. The fourth-order valence-electron chi connectivity index (χ4n) is 6.19. The standard InChI is InChI=1S/C30H44N8O3S/c1-21(2)15-23(17-25(39)31-3)32-28-33-27(22-5-4-6-24(16-22)36-10-12-41-13-11-36)34-29(35-28)37-9-8-30(18-37)19-38(20-30)26(40)7-14-42/h4-6,16,21,23,42H,7-15,17-20H2,1-3H3,(H,31,39)(H,32,33,34,35)/t23-/m0/s1. The minimum atomic E-state index is -0.115. The Morgan fingerprint density at radius 2 is 1.86 bits per heavy atom. The molecule has 2 amide bonds. The van der Waals surface area contributed by atoms with Crippen LogP contribution in [0.2, 0.25) is 0 Å². The van der Waals surface area contributed by atoms with Crippen LogP contribution in [0.3, 0.4) is 0 Å². The second kappa shape index (κ2) is 13.5. The van der Waals surface area contributed by atoms with E-state index in [0.29, 0.717) is 55.4 Å². The molecule has 1 spiro atoms. The van der Waals surface area contributed by atoms with Crippen molar-refractivity contribution in [2.75, 3.05) is 80.4 Å². The number of amides is 2. The number of nitrogens with one attached hydrogen (secondary N) is 2. The van der Waals surface area contributed by atoms with Crippen LogP contribution >= 0.6 is 12.6 Å². The van der Waals surface area contributed by atoms with E-state index >= 15 is 0 Å². The first-order valence-electron chi connectivity index (χ1n) is 15.1. The number of carbonyl (C=O) groups is 2. The Kier molecular flexibility index (Phi) is 9.72. The fourth-order valence-corrected chi connectivity index (χ4v) is 6.38. The summed E-state index contributed by atoms with van der Waals surface area (Å²) >= 11 is 4.22. The molecular formula is C30H44N8O3S. The van der Waals surface area contributed by atoms with Crippen LogP contribution in [-0.4, -0.2) is 103 Å². The number of aromatic nitrogens is 3. The van der Waals surface area contributed by atoms with E-state index in [0.717, 1.165) is 63.4 Å². The highest BCUT2D eigenvalue weighted by atomic mass is 32.1. The van der Waals surface area contributed by atoms with E-state index in [-0.39, 0.29) is 23.3 Å². The molecule has 1 atom stereocenters. The molecule has 0 saturated carbocycles. The maximum absolute atomic E-state index is 12.4. The van der Waals surface area contributed by atoms with Crippen molar-refractivity contribution in [1.29, 1.82) is 0 Å². The number of hydrogen-bond donors (Lipinski definition) is 3. The quantitative estimate of drug-likeness (QED) is 0.337. The number of nitrogens with zero attached hydrogens (tertiary/aromatic N) is 6. The van der Waals surface area contributed by atoms with E-state index in [1.807, 2.05) is 17.0 Å². The Hall–Kier alpha value is -3.12. The summed E-state index contributed by atoms with van der Waals surface area (Å²) in [6, 6.07) is 8.20. The molecule has 3 fully saturated rings. The zero-order valence-corrected chi connectivity index (χ0v) is 25.9. The Bertz CT molecular complexity index is 1250. The highest BCUT2D eigenvalue weighted by molar-refractivity contribution is 7.80. The molecule has 2 N–H and O–H groups in total. The van der Waals surface area contributed by atoms with Crippen molar-refractivity contribution in [1.82, 2.24) is 25.2 Å². The van der Waals surface area contributed by atoms with Crippen LogP contribution < -0.4 is 20.4 Å². The topological polar surface area (TPSA) is 116 Å². The molecule has 3 aliphatic heterocycles. The molecule has 12 heteroatoms. The maximum Gasteiger partial charge on any atom is 0.230 e. The zero-order valence-electron chi connectivity index (χ0n) is 25.0. The van der Waals surface area contributed by atoms with Crippen LogP contribution in [-0.2, 0) is 14.3 Å². The molecule has 3 aliphatic rings. The van der Waals surface area contributed by atoms with Gasteiger partial charge in [0.05, 0.1) is 13.2 Å². The van der Waals surface area contributed by atoms with Crippen molar-refractivity contribution >= 4 is 42.0 Å². The molecule has 228 valence electrons. The lowest BCUT2D eigenvalue weighted by Crippen LogP contribution is -2.59. The van der Waals surface area contributed by atoms with Crippen LogP contribution in [0.15, 0.2) is 24.3 Å². The van der Waals surface area contributed by atoms with Gasteiger partial charge in [-0.2, -0.15) is 27.6 Å². The predicted molar refractivity (Wildman–Crippen MR) is 168 cm³/mol. The third-order valence-corrected chi connectivity index (χ3v) is 8.58. The van der Waals surface area contributed by atoms with E-state index in [9.17, 15) is 9.59 Å². The van der Waals surface area contributed by atoms with E-state index in [1.54, 1.807) is 7.05 Å². The van der Waals surface area contributed by atoms with Crippen molar-refractivity contribution in [3.05, 3.63) is 24.3 Å². The smallest absolute Gasteiger partial charge is 0.230 e. The number of likely N-dealkylation sites (tertiary alicyclic amines) is 1. The van der Waals surface area contributed by atoms with E-state index in [4.69, 9.17) is 19.7 Å². The zero-order chi connectivity index (χ0) is 29.7. The lowest BCUT2D eigenvalue weighted by molar-refractivity contribution is -0.141. The molecule has 0 aliphatic carbocycles. The third-order valence-electron chi connectivity index (χ3n) is 8.36. The first kappa shape index (κ1) is 30.3. The summed E-state index contributed by atoms with van der Waals surface area (Å²) in [5.74, 6) is 2.81. The van der Waals surface area contributed by atoms with Gasteiger partial charge in [-0.3, -0.25) is 9.59 Å². The highest BCUT2D eigenvalue weighted by Crippen LogP contribution is 2.41. The Morgan fingerprint density at radius 1 is 1.07 bits per heavy atom. The van der Waals surface area contributed by atoms with Crippen molar-refractivity contribution in [2.24, 2.45) is 11.3 Å². The van der Waals surface area contributed by atoms with Gasteiger partial charge < -0.3 is 30.1 Å². The SMILES string of the molecule is CNC(=O)C[C@H](CC(C)C)Nc1nc(-c2cccc(N3CCOCC3)c2)nc(N2CCC3(CN(C(=O)CCS)C3)C2)n1. The van der Waals surface area contributed by atoms with Gasteiger partial charge in [0.15, 0.2) is 5.82 Å².